The molecule has 0 fully saturated rings. The number of benzene rings is 2. The van der Waals surface area contributed by atoms with Gasteiger partial charge in [0.1, 0.15) is 11.9 Å². The number of halogens is 1. The molecule has 0 radical (unpaired) electrons. The van der Waals surface area contributed by atoms with Gasteiger partial charge in [0.25, 0.3) is 5.91 Å². The second kappa shape index (κ2) is 11.5. The zero-order chi connectivity index (χ0) is 21.9. The number of rotatable bonds is 9. The van der Waals surface area contributed by atoms with Crippen LogP contribution in [0, 0.1) is 11.7 Å². The summed E-state index contributed by atoms with van der Waals surface area (Å²) in [5, 5.41) is 7.84. The van der Waals surface area contributed by atoms with E-state index in [1.807, 2.05) is 6.07 Å². The molecule has 0 aromatic heterocycles. The van der Waals surface area contributed by atoms with Crippen LogP contribution >= 0.6 is 0 Å². The Balaban J connectivity index is 1.74. The summed E-state index contributed by atoms with van der Waals surface area (Å²) in [6, 6.07) is 13.4. The number of hydrogen-bond acceptors (Lipinski definition) is 4. The molecule has 0 aliphatic carbocycles. The molecule has 2 rings (SSSR count). The monoisotopic (exact) mass is 415 g/mol. The second-order valence-corrected chi connectivity index (χ2v) is 7.02. The van der Waals surface area contributed by atoms with Crippen molar-refractivity contribution in [3.63, 3.8) is 0 Å². The Labute approximate surface area is 175 Å². The van der Waals surface area contributed by atoms with Crippen LogP contribution in [-0.2, 0) is 20.7 Å². The topological polar surface area (TPSA) is 96.5 Å². The smallest absolute Gasteiger partial charge is 0.329 e. The van der Waals surface area contributed by atoms with Crippen LogP contribution in [0.2, 0.25) is 0 Å². The Morgan fingerprint density at radius 1 is 1.00 bits per heavy atom. The minimum Gasteiger partial charge on any atom is -0.454 e. The molecule has 160 valence electrons. The summed E-state index contributed by atoms with van der Waals surface area (Å²) in [7, 11) is 0. The number of amides is 3. The Morgan fingerprint density at radius 3 is 2.30 bits per heavy atom. The van der Waals surface area contributed by atoms with E-state index >= 15 is 0 Å². The van der Waals surface area contributed by atoms with Gasteiger partial charge in [-0.15, -0.1) is 0 Å². The van der Waals surface area contributed by atoms with Gasteiger partial charge in [-0.2, -0.15) is 0 Å². The zero-order valence-electron chi connectivity index (χ0n) is 17.0. The maximum atomic E-state index is 12.9. The van der Waals surface area contributed by atoms with Crippen LogP contribution < -0.4 is 16.0 Å². The Morgan fingerprint density at radius 2 is 1.67 bits per heavy atom. The van der Waals surface area contributed by atoms with E-state index in [0.29, 0.717) is 18.7 Å². The molecule has 1 atom stereocenters. The molecular weight excluding hydrogens is 389 g/mol. The number of nitrogens with one attached hydrogen (secondary N) is 3. The van der Waals surface area contributed by atoms with Crippen LogP contribution in [0.3, 0.4) is 0 Å². The molecule has 0 bridgehead atoms. The lowest BCUT2D eigenvalue weighted by atomic mass is 10.1. The third-order valence-electron chi connectivity index (χ3n) is 4.23. The number of ether oxygens (including phenoxy) is 1. The normalized spacial score (nSPS) is 11.5. The number of esters is 1. The standard InChI is InChI=1S/C22H26FN3O4/c1-15(2)20(26-22(29)25-18-6-4-3-5-7-18)21(28)30-14-19(27)24-13-12-16-8-10-17(23)11-9-16/h3-11,15,20H,12-14H2,1-2H3,(H,24,27)(H2,25,26,29)/t20-/m0/s1. The van der Waals surface area contributed by atoms with Gasteiger partial charge in [0.05, 0.1) is 0 Å². The zero-order valence-corrected chi connectivity index (χ0v) is 17.0. The fourth-order valence-electron chi connectivity index (χ4n) is 2.60. The van der Waals surface area contributed by atoms with E-state index in [1.165, 1.54) is 12.1 Å². The van der Waals surface area contributed by atoms with Crippen molar-refractivity contribution in [1.29, 1.82) is 0 Å². The van der Waals surface area contributed by atoms with Gasteiger partial charge < -0.3 is 20.7 Å². The van der Waals surface area contributed by atoms with Gasteiger partial charge in [0.2, 0.25) is 0 Å². The fourth-order valence-corrected chi connectivity index (χ4v) is 2.60. The van der Waals surface area contributed by atoms with Crippen molar-refractivity contribution in [3.8, 4) is 0 Å². The molecule has 3 N–H and O–H groups in total. The van der Waals surface area contributed by atoms with Crippen molar-refractivity contribution < 1.29 is 23.5 Å². The molecule has 0 aliphatic rings. The van der Waals surface area contributed by atoms with Gasteiger partial charge >= 0.3 is 12.0 Å². The first-order valence-corrected chi connectivity index (χ1v) is 9.65. The van der Waals surface area contributed by atoms with Crippen LogP contribution in [0.15, 0.2) is 54.6 Å². The number of hydrogen-bond donors (Lipinski definition) is 3. The molecule has 0 spiro atoms. The van der Waals surface area contributed by atoms with Crippen LogP contribution in [0.25, 0.3) is 0 Å². The van der Waals surface area contributed by atoms with Crippen molar-refractivity contribution in [1.82, 2.24) is 10.6 Å². The first kappa shape index (κ1) is 22.9. The summed E-state index contributed by atoms with van der Waals surface area (Å²) < 4.78 is 17.9. The molecule has 0 heterocycles. The number of anilines is 1. The molecule has 7 nitrogen and oxygen atoms in total. The predicted octanol–water partition coefficient (Wildman–Crippen LogP) is 2.87. The van der Waals surface area contributed by atoms with Gasteiger partial charge in [0, 0.05) is 12.2 Å². The van der Waals surface area contributed by atoms with E-state index in [1.54, 1.807) is 50.2 Å². The fraction of sp³-hybridized carbons (Fsp3) is 0.318. The third kappa shape index (κ3) is 7.90. The van der Waals surface area contributed by atoms with Crippen molar-refractivity contribution in [2.45, 2.75) is 26.3 Å². The van der Waals surface area contributed by atoms with Gasteiger partial charge in [0.15, 0.2) is 6.61 Å². The van der Waals surface area contributed by atoms with Gasteiger partial charge in [-0.05, 0) is 42.2 Å². The lowest BCUT2D eigenvalue weighted by Crippen LogP contribution is -2.47. The first-order valence-electron chi connectivity index (χ1n) is 9.65. The summed E-state index contributed by atoms with van der Waals surface area (Å²) in [5.41, 5.74) is 1.47. The summed E-state index contributed by atoms with van der Waals surface area (Å²) in [5.74, 6) is -1.70. The maximum Gasteiger partial charge on any atom is 0.329 e. The lowest BCUT2D eigenvalue weighted by Gasteiger charge is -2.21. The number of urea groups is 1. The molecule has 3 amide bonds. The average Bonchev–Trinajstić information content (AvgIpc) is 2.72. The van der Waals surface area contributed by atoms with Crippen LogP contribution in [0.5, 0.6) is 0 Å². The molecule has 30 heavy (non-hydrogen) atoms. The minimum absolute atomic E-state index is 0.236. The van der Waals surface area contributed by atoms with Crippen LogP contribution in [0.1, 0.15) is 19.4 Å². The first-order chi connectivity index (χ1) is 14.3. The highest BCUT2D eigenvalue weighted by Gasteiger charge is 2.26. The highest BCUT2D eigenvalue weighted by molar-refractivity contribution is 5.93. The summed E-state index contributed by atoms with van der Waals surface area (Å²) in [6.45, 7) is 3.40. The van der Waals surface area contributed by atoms with E-state index in [9.17, 15) is 18.8 Å². The minimum atomic E-state index is -0.902. The molecule has 2 aromatic rings. The van der Waals surface area contributed by atoms with E-state index in [4.69, 9.17) is 4.74 Å². The van der Waals surface area contributed by atoms with E-state index < -0.39 is 30.6 Å². The molecule has 8 heteroatoms. The van der Waals surface area contributed by atoms with Crippen molar-refractivity contribution in [2.75, 3.05) is 18.5 Å². The SMILES string of the molecule is CC(C)[C@H](NC(=O)Nc1ccccc1)C(=O)OCC(=O)NCCc1ccc(F)cc1. The summed E-state index contributed by atoms with van der Waals surface area (Å²) in [6.07, 6.45) is 0.524. The number of carbonyl (C=O) groups excluding carboxylic acids is 3. The van der Waals surface area contributed by atoms with E-state index in [-0.39, 0.29) is 11.7 Å². The Hall–Kier alpha value is -3.42. The molecule has 0 saturated heterocycles. The second-order valence-electron chi connectivity index (χ2n) is 7.02. The van der Waals surface area contributed by atoms with Crippen molar-refractivity contribution >= 4 is 23.6 Å². The third-order valence-corrected chi connectivity index (χ3v) is 4.23. The maximum absolute atomic E-state index is 12.9. The van der Waals surface area contributed by atoms with Crippen molar-refractivity contribution in [3.05, 3.63) is 66.0 Å². The van der Waals surface area contributed by atoms with Gasteiger partial charge in [-0.3, -0.25) is 4.79 Å². The summed E-state index contributed by atoms with van der Waals surface area (Å²) >= 11 is 0. The van der Waals surface area contributed by atoms with Gasteiger partial charge in [-0.25, -0.2) is 14.0 Å². The van der Waals surface area contributed by atoms with Gasteiger partial charge in [-0.1, -0.05) is 44.2 Å². The number of carbonyl (C=O) groups is 3. The average molecular weight is 415 g/mol. The Kier molecular flexibility index (Phi) is 8.80. The summed E-state index contributed by atoms with van der Waals surface area (Å²) in [4.78, 5) is 36.4. The molecule has 0 unspecified atom stereocenters. The lowest BCUT2D eigenvalue weighted by molar-refractivity contribution is -0.151. The number of para-hydroxylation sites is 1. The predicted molar refractivity (Wildman–Crippen MR) is 111 cm³/mol. The highest BCUT2D eigenvalue weighted by atomic mass is 19.1. The van der Waals surface area contributed by atoms with Crippen LogP contribution in [0.4, 0.5) is 14.9 Å². The molecule has 0 saturated carbocycles. The molecule has 0 aliphatic heterocycles. The van der Waals surface area contributed by atoms with Crippen molar-refractivity contribution in [2.24, 2.45) is 5.92 Å². The van der Waals surface area contributed by atoms with E-state index in [0.717, 1.165) is 5.56 Å². The highest BCUT2D eigenvalue weighted by Crippen LogP contribution is 2.08. The Bertz CT molecular complexity index is 841. The molecule has 2 aromatic carbocycles. The van der Waals surface area contributed by atoms with Crippen LogP contribution in [-0.4, -0.2) is 37.1 Å². The largest absolute Gasteiger partial charge is 0.454 e. The molecular formula is C22H26FN3O4. The quantitative estimate of drug-likeness (QED) is 0.549. The van der Waals surface area contributed by atoms with E-state index in [2.05, 4.69) is 16.0 Å².